The van der Waals surface area contributed by atoms with Gasteiger partial charge in [-0.3, -0.25) is 9.36 Å². The maximum atomic E-state index is 12.8. The molecule has 0 aliphatic rings. The fourth-order valence-corrected chi connectivity index (χ4v) is 3.14. The molecule has 0 saturated heterocycles. The summed E-state index contributed by atoms with van der Waals surface area (Å²) in [5.74, 6) is 0. The third-order valence-corrected chi connectivity index (χ3v) is 5.24. The molecule has 6 nitrogen and oxygen atoms in total. The Bertz CT molecular complexity index is 1230. The van der Waals surface area contributed by atoms with Crippen molar-refractivity contribution in [3.05, 3.63) is 79.8 Å². The van der Waals surface area contributed by atoms with Crippen LogP contribution in [-0.2, 0) is 6.54 Å². The molecule has 2 aromatic carbocycles. The summed E-state index contributed by atoms with van der Waals surface area (Å²) < 4.78 is 3.05. The van der Waals surface area contributed by atoms with Gasteiger partial charge < -0.3 is 0 Å². The third-order valence-electron chi connectivity index (χ3n) is 4.50. The van der Waals surface area contributed by atoms with Gasteiger partial charge in [0, 0.05) is 0 Å². The Balaban J connectivity index is 1.76. The Morgan fingerprint density at radius 1 is 1.00 bits per heavy atom. The maximum Gasteiger partial charge on any atom is 0.283 e. The van der Waals surface area contributed by atoms with Gasteiger partial charge in [-0.1, -0.05) is 40.5 Å². The monoisotopic (exact) mass is 399 g/mol. The van der Waals surface area contributed by atoms with Gasteiger partial charge in [-0.15, -0.1) is 5.10 Å². The molecule has 0 unspecified atom stereocenters. The smallest absolute Gasteiger partial charge is 0.283 e. The van der Waals surface area contributed by atoms with E-state index in [0.29, 0.717) is 22.2 Å². The van der Waals surface area contributed by atoms with Crippen LogP contribution >= 0.6 is 23.2 Å². The molecule has 27 heavy (non-hydrogen) atoms. The number of nitrogens with zero attached hydrogens (tertiary/aromatic N) is 5. The second kappa shape index (κ2) is 6.79. The van der Waals surface area contributed by atoms with Crippen LogP contribution in [0.2, 0.25) is 10.0 Å². The molecule has 4 rings (SSSR count). The summed E-state index contributed by atoms with van der Waals surface area (Å²) in [5, 5.41) is 9.09. The number of aromatic nitrogens is 5. The van der Waals surface area contributed by atoms with Crippen molar-refractivity contribution < 1.29 is 0 Å². The zero-order chi connectivity index (χ0) is 19.1. The van der Waals surface area contributed by atoms with Crippen molar-refractivity contribution in [1.82, 2.24) is 24.5 Å². The molecule has 0 amide bonds. The van der Waals surface area contributed by atoms with Crippen molar-refractivity contribution in [3.63, 3.8) is 0 Å². The van der Waals surface area contributed by atoms with Crippen molar-refractivity contribution in [2.45, 2.75) is 20.4 Å². The molecule has 136 valence electrons. The maximum absolute atomic E-state index is 12.8. The fraction of sp³-hybridized carbons (Fsp3) is 0.158. The molecule has 0 fully saturated rings. The number of fused-ring (bicyclic) bond motifs is 1. The minimum absolute atomic E-state index is 0.218. The second-order valence-corrected chi connectivity index (χ2v) is 7.18. The number of halogens is 2. The molecule has 4 aromatic rings. The van der Waals surface area contributed by atoms with Gasteiger partial charge in [-0.05, 0) is 54.8 Å². The van der Waals surface area contributed by atoms with E-state index in [1.165, 1.54) is 16.5 Å². The van der Waals surface area contributed by atoms with Crippen LogP contribution in [0, 0.1) is 13.8 Å². The first-order valence-electron chi connectivity index (χ1n) is 8.26. The summed E-state index contributed by atoms with van der Waals surface area (Å²) in [7, 11) is 0. The van der Waals surface area contributed by atoms with Gasteiger partial charge >= 0.3 is 0 Å². The van der Waals surface area contributed by atoms with Crippen LogP contribution in [0.5, 0.6) is 0 Å². The molecule has 0 saturated carbocycles. The minimum Gasteiger partial charge on any atom is -0.293 e. The summed E-state index contributed by atoms with van der Waals surface area (Å²) in [4.78, 5) is 17.2. The SMILES string of the molecule is Cc1ccc(-n2nnc3c(=O)n(Cc4ccc(Cl)c(Cl)c4)cnc32)cc1C. The molecule has 8 heteroatoms. The Hall–Kier alpha value is -2.70. The van der Waals surface area contributed by atoms with Crippen molar-refractivity contribution in [2.75, 3.05) is 0 Å². The molecule has 2 heterocycles. The topological polar surface area (TPSA) is 65.6 Å². The van der Waals surface area contributed by atoms with Crippen molar-refractivity contribution in [1.29, 1.82) is 0 Å². The molecule has 2 aromatic heterocycles. The van der Waals surface area contributed by atoms with Crippen LogP contribution < -0.4 is 5.56 Å². The zero-order valence-corrected chi connectivity index (χ0v) is 16.2. The quantitative estimate of drug-likeness (QED) is 0.523. The van der Waals surface area contributed by atoms with Crippen molar-refractivity contribution in [2.24, 2.45) is 0 Å². The van der Waals surface area contributed by atoms with E-state index >= 15 is 0 Å². The summed E-state index contributed by atoms with van der Waals surface area (Å²) in [5.41, 5.74) is 4.35. The number of hydrogen-bond acceptors (Lipinski definition) is 4. The molecule has 0 N–H and O–H groups in total. The van der Waals surface area contributed by atoms with E-state index in [-0.39, 0.29) is 11.1 Å². The Kier molecular flexibility index (Phi) is 4.45. The lowest BCUT2D eigenvalue weighted by Gasteiger charge is -2.07. The van der Waals surface area contributed by atoms with Crippen LogP contribution in [-0.4, -0.2) is 24.5 Å². The molecule has 0 atom stereocenters. The van der Waals surface area contributed by atoms with E-state index < -0.39 is 0 Å². The van der Waals surface area contributed by atoms with E-state index in [1.807, 2.05) is 38.1 Å². The van der Waals surface area contributed by atoms with Gasteiger partial charge in [0.15, 0.2) is 11.2 Å². The first-order valence-corrected chi connectivity index (χ1v) is 9.02. The second-order valence-electron chi connectivity index (χ2n) is 6.37. The summed E-state index contributed by atoms with van der Waals surface area (Å²) >= 11 is 12.0. The van der Waals surface area contributed by atoms with Gasteiger partial charge in [0.1, 0.15) is 6.33 Å². The lowest BCUT2D eigenvalue weighted by molar-refractivity contribution is 0.745. The molecule has 0 radical (unpaired) electrons. The van der Waals surface area contributed by atoms with Crippen LogP contribution in [0.15, 0.2) is 47.5 Å². The zero-order valence-electron chi connectivity index (χ0n) is 14.6. The largest absolute Gasteiger partial charge is 0.293 e. The molecule has 0 aliphatic carbocycles. The van der Waals surface area contributed by atoms with Crippen LogP contribution in [0.3, 0.4) is 0 Å². The van der Waals surface area contributed by atoms with Crippen LogP contribution in [0.4, 0.5) is 0 Å². The highest BCUT2D eigenvalue weighted by atomic mass is 35.5. The van der Waals surface area contributed by atoms with Gasteiger partial charge in [-0.2, -0.15) is 4.68 Å². The number of rotatable bonds is 3. The molecule has 0 bridgehead atoms. The van der Waals surface area contributed by atoms with Gasteiger partial charge in [0.25, 0.3) is 5.56 Å². The third kappa shape index (κ3) is 3.22. The lowest BCUT2D eigenvalue weighted by atomic mass is 10.1. The Labute approximate surface area is 165 Å². The summed E-state index contributed by atoms with van der Waals surface area (Å²) in [6, 6.07) is 11.2. The van der Waals surface area contributed by atoms with Crippen LogP contribution in [0.25, 0.3) is 16.9 Å². The van der Waals surface area contributed by atoms with Gasteiger partial charge in [0.2, 0.25) is 0 Å². The van der Waals surface area contributed by atoms with Gasteiger partial charge in [0.05, 0.1) is 22.3 Å². The van der Waals surface area contributed by atoms with Crippen molar-refractivity contribution >= 4 is 34.4 Å². The van der Waals surface area contributed by atoms with Gasteiger partial charge in [-0.25, -0.2) is 4.98 Å². The van der Waals surface area contributed by atoms with Crippen LogP contribution in [0.1, 0.15) is 16.7 Å². The van der Waals surface area contributed by atoms with Crippen molar-refractivity contribution in [3.8, 4) is 5.69 Å². The van der Waals surface area contributed by atoms with E-state index in [0.717, 1.165) is 16.8 Å². The normalized spacial score (nSPS) is 11.3. The number of benzene rings is 2. The Morgan fingerprint density at radius 2 is 1.81 bits per heavy atom. The highest BCUT2D eigenvalue weighted by molar-refractivity contribution is 6.42. The average molecular weight is 400 g/mol. The van der Waals surface area contributed by atoms with E-state index in [2.05, 4.69) is 15.3 Å². The fourth-order valence-electron chi connectivity index (χ4n) is 2.82. The molecular formula is C19H15Cl2N5O. The highest BCUT2D eigenvalue weighted by Gasteiger charge is 2.14. The molecule has 0 spiro atoms. The first kappa shape index (κ1) is 17.7. The number of hydrogen-bond donors (Lipinski definition) is 0. The lowest BCUT2D eigenvalue weighted by Crippen LogP contribution is -2.21. The summed E-state index contributed by atoms with van der Waals surface area (Å²) in [6.07, 6.45) is 1.49. The number of aryl methyl sites for hydroxylation is 2. The molecular weight excluding hydrogens is 385 g/mol. The average Bonchev–Trinajstić information content (AvgIpc) is 3.08. The van der Waals surface area contributed by atoms with E-state index in [4.69, 9.17) is 23.2 Å². The predicted octanol–water partition coefficient (Wildman–Crippen LogP) is 3.95. The minimum atomic E-state index is -0.263. The first-order chi connectivity index (χ1) is 12.9. The van der Waals surface area contributed by atoms with E-state index in [1.54, 1.807) is 16.8 Å². The van der Waals surface area contributed by atoms with E-state index in [9.17, 15) is 4.79 Å². The standard InChI is InChI=1S/C19H15Cl2N5O/c1-11-3-5-14(7-12(11)2)26-18-17(23-24-26)19(27)25(10-22-18)9-13-4-6-15(20)16(21)8-13/h3-8,10H,9H2,1-2H3. The molecule has 0 aliphatic heterocycles. The Morgan fingerprint density at radius 3 is 2.56 bits per heavy atom. The summed E-state index contributed by atoms with van der Waals surface area (Å²) in [6.45, 7) is 4.38. The predicted molar refractivity (Wildman–Crippen MR) is 106 cm³/mol. The highest BCUT2D eigenvalue weighted by Crippen LogP contribution is 2.23.